The molecule has 16 heavy (non-hydrogen) atoms. The Morgan fingerprint density at radius 1 is 1.38 bits per heavy atom. The fraction of sp³-hybridized carbons (Fsp3) is 0.0909. The standard InChI is InChI=1S/C11H9ClN2O2/c1-16-11(15)14-5-4-9(7-14)8-2-3-10(12)13-6-8/h2-7H,1H3. The third kappa shape index (κ3) is 2.06. The van der Waals surface area contributed by atoms with Crippen LogP contribution >= 0.6 is 11.6 Å². The number of pyridine rings is 1. The van der Waals surface area contributed by atoms with Gasteiger partial charge in [-0.05, 0) is 18.2 Å². The van der Waals surface area contributed by atoms with Crippen LogP contribution in [-0.4, -0.2) is 22.8 Å². The van der Waals surface area contributed by atoms with Gasteiger partial charge in [-0.3, -0.25) is 4.57 Å². The topological polar surface area (TPSA) is 44.1 Å². The minimum absolute atomic E-state index is 0.423. The first-order chi connectivity index (χ1) is 7.70. The van der Waals surface area contributed by atoms with E-state index in [1.165, 1.54) is 11.7 Å². The zero-order chi connectivity index (χ0) is 11.5. The number of halogens is 1. The highest BCUT2D eigenvalue weighted by molar-refractivity contribution is 6.29. The first-order valence-corrected chi connectivity index (χ1v) is 4.97. The molecule has 2 aromatic heterocycles. The van der Waals surface area contributed by atoms with E-state index in [2.05, 4.69) is 9.72 Å². The van der Waals surface area contributed by atoms with Gasteiger partial charge in [-0.25, -0.2) is 9.78 Å². The van der Waals surface area contributed by atoms with Crippen molar-refractivity contribution in [3.8, 4) is 11.1 Å². The first kappa shape index (κ1) is 10.7. The lowest BCUT2D eigenvalue weighted by molar-refractivity contribution is 0.173. The zero-order valence-corrected chi connectivity index (χ0v) is 9.31. The second-order valence-electron chi connectivity index (χ2n) is 3.15. The molecule has 2 aromatic rings. The minimum Gasteiger partial charge on any atom is -0.452 e. The van der Waals surface area contributed by atoms with Crippen LogP contribution in [0.25, 0.3) is 11.1 Å². The van der Waals surface area contributed by atoms with Gasteiger partial charge in [-0.1, -0.05) is 11.6 Å². The number of aromatic nitrogens is 2. The highest BCUT2D eigenvalue weighted by Gasteiger charge is 2.06. The maximum absolute atomic E-state index is 11.2. The molecule has 0 N–H and O–H groups in total. The summed E-state index contributed by atoms with van der Waals surface area (Å²) >= 11 is 5.69. The molecule has 5 heteroatoms. The van der Waals surface area contributed by atoms with Crippen LogP contribution in [0.5, 0.6) is 0 Å². The predicted molar refractivity (Wildman–Crippen MR) is 60.5 cm³/mol. The van der Waals surface area contributed by atoms with Gasteiger partial charge in [0.15, 0.2) is 0 Å². The fourth-order valence-electron chi connectivity index (χ4n) is 1.33. The molecular formula is C11H9ClN2O2. The summed E-state index contributed by atoms with van der Waals surface area (Å²) in [6.07, 6.45) is 4.54. The van der Waals surface area contributed by atoms with Gasteiger partial charge in [-0.2, -0.15) is 0 Å². The van der Waals surface area contributed by atoms with Gasteiger partial charge in [0.2, 0.25) is 0 Å². The first-order valence-electron chi connectivity index (χ1n) is 4.59. The molecule has 0 aliphatic rings. The Balaban J connectivity index is 2.31. The summed E-state index contributed by atoms with van der Waals surface area (Å²) in [4.78, 5) is 15.2. The second-order valence-corrected chi connectivity index (χ2v) is 3.53. The van der Waals surface area contributed by atoms with Gasteiger partial charge >= 0.3 is 6.09 Å². The van der Waals surface area contributed by atoms with Crippen molar-refractivity contribution < 1.29 is 9.53 Å². The van der Waals surface area contributed by atoms with Crippen LogP contribution in [-0.2, 0) is 4.74 Å². The summed E-state index contributed by atoms with van der Waals surface area (Å²) in [5.41, 5.74) is 1.78. The quantitative estimate of drug-likeness (QED) is 0.715. The third-order valence-electron chi connectivity index (χ3n) is 2.14. The molecule has 0 unspecified atom stereocenters. The normalized spacial score (nSPS) is 10.1. The average molecular weight is 237 g/mol. The van der Waals surface area contributed by atoms with Crippen molar-refractivity contribution in [3.05, 3.63) is 41.9 Å². The summed E-state index contributed by atoms with van der Waals surface area (Å²) < 4.78 is 5.96. The number of hydrogen-bond donors (Lipinski definition) is 0. The summed E-state index contributed by atoms with van der Waals surface area (Å²) in [5, 5.41) is 0.441. The lowest BCUT2D eigenvalue weighted by Crippen LogP contribution is -2.08. The van der Waals surface area contributed by atoms with Gasteiger partial charge < -0.3 is 4.74 Å². The van der Waals surface area contributed by atoms with Crippen molar-refractivity contribution in [3.63, 3.8) is 0 Å². The summed E-state index contributed by atoms with van der Waals surface area (Å²) in [5.74, 6) is 0. The second kappa shape index (κ2) is 4.37. The average Bonchev–Trinajstić information content (AvgIpc) is 2.78. The van der Waals surface area contributed by atoms with Gasteiger partial charge in [0.25, 0.3) is 0 Å². The van der Waals surface area contributed by atoms with E-state index in [-0.39, 0.29) is 0 Å². The summed E-state index contributed by atoms with van der Waals surface area (Å²) in [6, 6.07) is 5.35. The van der Waals surface area contributed by atoms with Crippen LogP contribution in [0.15, 0.2) is 36.8 Å². The highest BCUT2D eigenvalue weighted by atomic mass is 35.5. The minimum atomic E-state index is -0.423. The predicted octanol–water partition coefficient (Wildman–Crippen LogP) is 2.82. The molecule has 0 spiro atoms. The Labute approximate surface area is 97.4 Å². The Bertz CT molecular complexity index is 505. The SMILES string of the molecule is COC(=O)n1ccc(-c2ccc(Cl)nc2)c1. The van der Waals surface area contributed by atoms with Gasteiger partial charge in [-0.15, -0.1) is 0 Å². The fourth-order valence-corrected chi connectivity index (χ4v) is 1.44. The lowest BCUT2D eigenvalue weighted by atomic mass is 10.2. The molecule has 2 rings (SSSR count). The Morgan fingerprint density at radius 3 is 2.81 bits per heavy atom. The van der Waals surface area contributed by atoms with E-state index >= 15 is 0 Å². The summed E-state index contributed by atoms with van der Waals surface area (Å²) in [6.45, 7) is 0. The van der Waals surface area contributed by atoms with Gasteiger partial charge in [0.1, 0.15) is 5.15 Å². The number of carbonyl (C=O) groups excluding carboxylic acids is 1. The van der Waals surface area contributed by atoms with E-state index in [1.54, 1.807) is 24.7 Å². The summed E-state index contributed by atoms with van der Waals surface area (Å²) in [7, 11) is 1.34. The van der Waals surface area contributed by atoms with E-state index in [0.717, 1.165) is 11.1 Å². The number of rotatable bonds is 1. The number of nitrogens with zero attached hydrogens (tertiary/aromatic N) is 2. The maximum Gasteiger partial charge on any atom is 0.417 e. The van der Waals surface area contributed by atoms with E-state index in [9.17, 15) is 4.79 Å². The Kier molecular flexibility index (Phi) is 2.92. The van der Waals surface area contributed by atoms with Crippen LogP contribution in [0, 0.1) is 0 Å². The Hall–Kier alpha value is -1.81. The molecule has 0 atom stereocenters. The molecule has 2 heterocycles. The number of methoxy groups -OCH3 is 1. The van der Waals surface area contributed by atoms with Gasteiger partial charge in [0, 0.05) is 29.7 Å². The molecule has 0 aliphatic carbocycles. The number of hydrogen-bond acceptors (Lipinski definition) is 3. The van der Waals surface area contributed by atoms with Crippen molar-refractivity contribution >= 4 is 17.7 Å². The van der Waals surface area contributed by atoms with Gasteiger partial charge in [0.05, 0.1) is 7.11 Å². The molecular weight excluding hydrogens is 228 g/mol. The number of carbonyl (C=O) groups is 1. The monoisotopic (exact) mass is 236 g/mol. The maximum atomic E-state index is 11.2. The van der Waals surface area contributed by atoms with Crippen LogP contribution in [0.1, 0.15) is 0 Å². The van der Waals surface area contributed by atoms with Crippen molar-refractivity contribution in [1.82, 2.24) is 9.55 Å². The van der Waals surface area contributed by atoms with E-state index < -0.39 is 6.09 Å². The van der Waals surface area contributed by atoms with Crippen molar-refractivity contribution in [2.75, 3.05) is 7.11 Å². The highest BCUT2D eigenvalue weighted by Crippen LogP contribution is 2.20. The molecule has 0 amide bonds. The molecule has 0 radical (unpaired) electrons. The third-order valence-corrected chi connectivity index (χ3v) is 2.36. The molecule has 0 fully saturated rings. The number of ether oxygens (including phenoxy) is 1. The lowest BCUT2D eigenvalue weighted by Gasteiger charge is -1.98. The van der Waals surface area contributed by atoms with Crippen molar-refractivity contribution in [2.45, 2.75) is 0 Å². The molecule has 4 nitrogen and oxygen atoms in total. The largest absolute Gasteiger partial charge is 0.452 e. The van der Waals surface area contributed by atoms with Crippen LogP contribution in [0.4, 0.5) is 4.79 Å². The van der Waals surface area contributed by atoms with Crippen molar-refractivity contribution in [1.29, 1.82) is 0 Å². The van der Waals surface area contributed by atoms with Crippen LogP contribution in [0.3, 0.4) is 0 Å². The molecule has 0 aromatic carbocycles. The molecule has 0 aliphatic heterocycles. The van der Waals surface area contributed by atoms with E-state index in [4.69, 9.17) is 11.6 Å². The van der Waals surface area contributed by atoms with Crippen molar-refractivity contribution in [2.24, 2.45) is 0 Å². The molecule has 0 saturated carbocycles. The zero-order valence-electron chi connectivity index (χ0n) is 8.55. The Morgan fingerprint density at radius 2 is 2.19 bits per heavy atom. The smallest absolute Gasteiger partial charge is 0.417 e. The van der Waals surface area contributed by atoms with E-state index in [0.29, 0.717) is 5.15 Å². The molecule has 0 saturated heterocycles. The van der Waals surface area contributed by atoms with Crippen LogP contribution in [0.2, 0.25) is 5.15 Å². The molecule has 0 bridgehead atoms. The molecule has 82 valence electrons. The van der Waals surface area contributed by atoms with Crippen LogP contribution < -0.4 is 0 Å². The van der Waals surface area contributed by atoms with E-state index in [1.807, 2.05) is 12.1 Å².